The minimum absolute atomic E-state index is 0.123. The molecular weight excluding hydrogens is 372 g/mol. The number of amides is 1. The molecule has 0 aliphatic carbocycles. The van der Waals surface area contributed by atoms with E-state index < -0.39 is 0 Å². The first-order chi connectivity index (χ1) is 13.7. The summed E-state index contributed by atoms with van der Waals surface area (Å²) in [5, 5.41) is 13.5. The molecule has 140 valence electrons. The van der Waals surface area contributed by atoms with Crippen molar-refractivity contribution >= 4 is 23.2 Å². The second kappa shape index (κ2) is 9.49. The topological polar surface area (TPSA) is 79.2 Å². The quantitative estimate of drug-likeness (QED) is 0.368. The van der Waals surface area contributed by atoms with Crippen LogP contribution in [0.25, 0.3) is 11.1 Å². The molecule has 1 amide bonds. The van der Waals surface area contributed by atoms with Crippen LogP contribution in [0.3, 0.4) is 0 Å². The van der Waals surface area contributed by atoms with E-state index in [0.29, 0.717) is 29.2 Å². The SMILES string of the molecule is N#Cc1ccc(-c2ccc(OC(=O)CCCNC(=O)c3cccs3)cc2)cc1. The third kappa shape index (κ3) is 5.29. The third-order valence-corrected chi connectivity index (χ3v) is 4.89. The number of esters is 1. The minimum Gasteiger partial charge on any atom is -0.427 e. The van der Waals surface area contributed by atoms with Gasteiger partial charge in [0.25, 0.3) is 5.91 Å². The Bertz CT molecular complexity index is 972. The van der Waals surface area contributed by atoms with E-state index in [4.69, 9.17) is 10.00 Å². The molecule has 0 bridgehead atoms. The van der Waals surface area contributed by atoms with Crippen molar-refractivity contribution < 1.29 is 14.3 Å². The Kier molecular flexibility index (Phi) is 6.55. The van der Waals surface area contributed by atoms with Crippen LogP contribution in [0, 0.1) is 11.3 Å². The van der Waals surface area contributed by atoms with Crippen LogP contribution in [-0.4, -0.2) is 18.4 Å². The normalized spacial score (nSPS) is 10.1. The van der Waals surface area contributed by atoms with Crippen LogP contribution in [0.1, 0.15) is 28.1 Å². The van der Waals surface area contributed by atoms with E-state index in [1.807, 2.05) is 35.7 Å². The second-order valence-corrected chi connectivity index (χ2v) is 6.97. The summed E-state index contributed by atoms with van der Waals surface area (Å²) < 4.78 is 5.33. The zero-order valence-corrected chi connectivity index (χ0v) is 15.9. The summed E-state index contributed by atoms with van der Waals surface area (Å²) in [5.74, 6) is 0.0169. The van der Waals surface area contributed by atoms with Crippen LogP contribution >= 0.6 is 11.3 Å². The molecule has 6 heteroatoms. The summed E-state index contributed by atoms with van der Waals surface area (Å²) in [6.45, 7) is 0.420. The summed E-state index contributed by atoms with van der Waals surface area (Å²) in [4.78, 5) is 24.4. The molecule has 0 atom stereocenters. The maximum atomic E-state index is 11.9. The summed E-state index contributed by atoms with van der Waals surface area (Å²) in [6, 6.07) is 20.2. The number of benzene rings is 2. The molecule has 2 aromatic carbocycles. The highest BCUT2D eigenvalue weighted by Crippen LogP contribution is 2.23. The van der Waals surface area contributed by atoms with Crippen LogP contribution in [0.5, 0.6) is 5.75 Å². The van der Waals surface area contributed by atoms with Crippen LogP contribution in [0.4, 0.5) is 0 Å². The molecule has 0 saturated carbocycles. The molecule has 3 rings (SSSR count). The van der Waals surface area contributed by atoms with Crippen molar-refractivity contribution in [3.05, 3.63) is 76.5 Å². The smallest absolute Gasteiger partial charge is 0.311 e. The van der Waals surface area contributed by atoms with Crippen LogP contribution in [0.2, 0.25) is 0 Å². The lowest BCUT2D eigenvalue weighted by atomic mass is 10.0. The van der Waals surface area contributed by atoms with Gasteiger partial charge in [-0.1, -0.05) is 30.3 Å². The van der Waals surface area contributed by atoms with Gasteiger partial charge in [0.2, 0.25) is 0 Å². The number of carbonyl (C=O) groups is 2. The van der Waals surface area contributed by atoms with E-state index in [-0.39, 0.29) is 18.3 Å². The molecule has 0 spiro atoms. The van der Waals surface area contributed by atoms with Gasteiger partial charge in [0, 0.05) is 13.0 Å². The molecule has 0 aliphatic heterocycles. The van der Waals surface area contributed by atoms with Crippen molar-refractivity contribution in [2.24, 2.45) is 0 Å². The van der Waals surface area contributed by atoms with Gasteiger partial charge in [0.1, 0.15) is 5.75 Å². The highest BCUT2D eigenvalue weighted by molar-refractivity contribution is 7.12. The molecule has 0 saturated heterocycles. The molecule has 1 aromatic heterocycles. The first-order valence-corrected chi connectivity index (χ1v) is 9.66. The van der Waals surface area contributed by atoms with E-state index in [9.17, 15) is 9.59 Å². The number of nitriles is 1. The van der Waals surface area contributed by atoms with Crippen molar-refractivity contribution in [1.29, 1.82) is 5.26 Å². The van der Waals surface area contributed by atoms with Crippen molar-refractivity contribution in [3.8, 4) is 22.9 Å². The number of rotatable bonds is 7. The first-order valence-electron chi connectivity index (χ1n) is 8.79. The predicted octanol–water partition coefficient (Wildman–Crippen LogP) is 4.40. The molecule has 1 heterocycles. The number of thiophene rings is 1. The molecule has 1 N–H and O–H groups in total. The standard InChI is InChI=1S/C22H18N2O3S/c23-15-16-5-7-17(8-6-16)18-9-11-19(12-10-18)27-21(25)4-1-13-24-22(26)20-3-2-14-28-20/h2-3,5-12,14H,1,4,13H2,(H,24,26). The zero-order chi connectivity index (χ0) is 19.8. The first kappa shape index (κ1) is 19.3. The van der Waals surface area contributed by atoms with Gasteiger partial charge in [0.15, 0.2) is 0 Å². The predicted molar refractivity (Wildman–Crippen MR) is 108 cm³/mol. The molecule has 0 aliphatic rings. The summed E-state index contributed by atoms with van der Waals surface area (Å²) in [7, 11) is 0. The van der Waals surface area contributed by atoms with Gasteiger partial charge >= 0.3 is 5.97 Å². The van der Waals surface area contributed by atoms with Gasteiger partial charge in [-0.3, -0.25) is 9.59 Å². The largest absolute Gasteiger partial charge is 0.427 e. The second-order valence-electron chi connectivity index (χ2n) is 6.02. The molecule has 5 nitrogen and oxygen atoms in total. The molecule has 0 unspecified atom stereocenters. The minimum atomic E-state index is -0.337. The van der Waals surface area contributed by atoms with Gasteiger partial charge in [-0.2, -0.15) is 5.26 Å². The van der Waals surface area contributed by atoms with E-state index in [0.717, 1.165) is 11.1 Å². The number of hydrogen-bond acceptors (Lipinski definition) is 5. The van der Waals surface area contributed by atoms with Crippen LogP contribution < -0.4 is 10.1 Å². The van der Waals surface area contributed by atoms with Crippen molar-refractivity contribution in [2.75, 3.05) is 6.54 Å². The fraction of sp³-hybridized carbons (Fsp3) is 0.136. The number of ether oxygens (including phenoxy) is 1. The van der Waals surface area contributed by atoms with Crippen LogP contribution in [-0.2, 0) is 4.79 Å². The van der Waals surface area contributed by atoms with E-state index in [2.05, 4.69) is 11.4 Å². The Balaban J connectivity index is 1.44. The maximum Gasteiger partial charge on any atom is 0.311 e. The van der Waals surface area contributed by atoms with Crippen LogP contribution in [0.15, 0.2) is 66.0 Å². The van der Waals surface area contributed by atoms with Gasteiger partial charge < -0.3 is 10.1 Å². The van der Waals surface area contributed by atoms with E-state index >= 15 is 0 Å². The molecule has 28 heavy (non-hydrogen) atoms. The van der Waals surface area contributed by atoms with Gasteiger partial charge in [-0.05, 0) is 53.3 Å². The average Bonchev–Trinajstić information content (AvgIpc) is 3.27. The number of nitrogens with zero attached hydrogens (tertiary/aromatic N) is 1. The third-order valence-electron chi connectivity index (χ3n) is 4.02. The highest BCUT2D eigenvalue weighted by atomic mass is 32.1. The fourth-order valence-electron chi connectivity index (χ4n) is 2.56. The molecule has 0 fully saturated rings. The fourth-order valence-corrected chi connectivity index (χ4v) is 3.20. The Morgan fingerprint density at radius 3 is 2.29 bits per heavy atom. The van der Waals surface area contributed by atoms with Crippen molar-refractivity contribution in [2.45, 2.75) is 12.8 Å². The summed E-state index contributed by atoms with van der Waals surface area (Å²) >= 11 is 1.38. The number of carbonyl (C=O) groups excluding carboxylic acids is 2. The van der Waals surface area contributed by atoms with Gasteiger partial charge in [0.05, 0.1) is 16.5 Å². The van der Waals surface area contributed by atoms with E-state index in [1.54, 1.807) is 30.3 Å². The maximum absolute atomic E-state index is 11.9. The Labute approximate surface area is 167 Å². The monoisotopic (exact) mass is 390 g/mol. The van der Waals surface area contributed by atoms with Gasteiger partial charge in [-0.15, -0.1) is 11.3 Å². The van der Waals surface area contributed by atoms with E-state index in [1.165, 1.54) is 11.3 Å². The van der Waals surface area contributed by atoms with Gasteiger partial charge in [-0.25, -0.2) is 0 Å². The number of hydrogen-bond donors (Lipinski definition) is 1. The summed E-state index contributed by atoms with van der Waals surface area (Å²) in [6.07, 6.45) is 0.737. The lowest BCUT2D eigenvalue weighted by Gasteiger charge is -2.07. The Morgan fingerprint density at radius 2 is 1.68 bits per heavy atom. The zero-order valence-electron chi connectivity index (χ0n) is 15.1. The average molecular weight is 390 g/mol. The lowest BCUT2D eigenvalue weighted by molar-refractivity contribution is -0.134. The number of nitrogens with one attached hydrogen (secondary N) is 1. The highest BCUT2D eigenvalue weighted by Gasteiger charge is 2.08. The van der Waals surface area contributed by atoms with Crippen molar-refractivity contribution in [1.82, 2.24) is 5.32 Å². The lowest BCUT2D eigenvalue weighted by Crippen LogP contribution is -2.24. The molecular formula is C22H18N2O3S. The molecule has 3 aromatic rings. The molecule has 0 radical (unpaired) electrons. The Morgan fingerprint density at radius 1 is 1.00 bits per heavy atom. The van der Waals surface area contributed by atoms with Crippen molar-refractivity contribution in [3.63, 3.8) is 0 Å². The Hall–Kier alpha value is -3.43. The summed E-state index contributed by atoms with van der Waals surface area (Å²) in [5.41, 5.74) is 2.57.